The fourth-order valence-corrected chi connectivity index (χ4v) is 3.46. The van der Waals surface area contributed by atoms with Gasteiger partial charge in [-0.1, -0.05) is 0 Å². The first kappa shape index (κ1) is 21.7. The Balaban J connectivity index is 1.76. The number of benzene rings is 2. The third-order valence-electron chi connectivity index (χ3n) is 5.19. The number of hydrogen-bond donors (Lipinski definition) is 7. The van der Waals surface area contributed by atoms with E-state index in [2.05, 4.69) is 0 Å². The second kappa shape index (κ2) is 7.88. The monoisotopic (exact) mass is 448 g/mol. The fraction of sp³-hybridized carbons (Fsp3) is 0.286. The van der Waals surface area contributed by atoms with Crippen LogP contribution in [0.4, 0.5) is 0 Å². The van der Waals surface area contributed by atoms with Crippen LogP contribution in [0, 0.1) is 0 Å². The van der Waals surface area contributed by atoms with Crippen molar-refractivity contribution in [2.45, 2.75) is 37.6 Å². The van der Waals surface area contributed by atoms with Gasteiger partial charge in [-0.25, -0.2) is 0 Å². The molecule has 0 spiro atoms. The Kier molecular flexibility index (Phi) is 5.34. The van der Waals surface area contributed by atoms with Crippen molar-refractivity contribution in [2.75, 3.05) is 0 Å². The molecule has 0 radical (unpaired) electrons. The van der Waals surface area contributed by atoms with Crippen LogP contribution in [-0.2, 0) is 4.74 Å². The highest BCUT2D eigenvalue weighted by Gasteiger charge is 2.43. The second-order valence-corrected chi connectivity index (χ2v) is 7.45. The molecule has 5 atom stereocenters. The third-order valence-corrected chi connectivity index (χ3v) is 5.19. The molecule has 0 unspecified atom stereocenters. The normalized spacial score (nSPS) is 25.7. The molecule has 0 saturated carbocycles. The summed E-state index contributed by atoms with van der Waals surface area (Å²) in [7, 11) is 0. The first-order chi connectivity index (χ1) is 15.1. The van der Waals surface area contributed by atoms with Crippen molar-refractivity contribution in [3.8, 4) is 40.1 Å². The van der Waals surface area contributed by atoms with Crippen LogP contribution in [0.3, 0.4) is 0 Å². The van der Waals surface area contributed by atoms with E-state index in [0.29, 0.717) is 0 Å². The molecule has 7 N–H and O–H groups in total. The maximum atomic E-state index is 12.5. The molecule has 1 aliphatic heterocycles. The van der Waals surface area contributed by atoms with Crippen LogP contribution in [0.1, 0.15) is 6.92 Å². The van der Waals surface area contributed by atoms with Gasteiger partial charge in [0, 0.05) is 23.8 Å². The Bertz CT molecular complexity index is 1230. The van der Waals surface area contributed by atoms with E-state index in [1.807, 2.05) is 0 Å². The van der Waals surface area contributed by atoms with Crippen LogP contribution in [-0.4, -0.2) is 66.5 Å². The highest BCUT2D eigenvalue weighted by molar-refractivity contribution is 5.86. The topological polar surface area (TPSA) is 190 Å². The van der Waals surface area contributed by atoms with Crippen LogP contribution in [0.5, 0.6) is 28.7 Å². The number of aliphatic hydroxyl groups excluding tert-OH is 3. The maximum absolute atomic E-state index is 12.5. The predicted octanol–water partition coefficient (Wildman–Crippen LogP) is 0.489. The second-order valence-electron chi connectivity index (χ2n) is 7.45. The number of aliphatic hydroxyl groups is 3. The molecule has 3 aromatic rings. The van der Waals surface area contributed by atoms with Gasteiger partial charge in [-0.05, 0) is 19.1 Å². The van der Waals surface area contributed by atoms with Gasteiger partial charge < -0.3 is 49.6 Å². The van der Waals surface area contributed by atoms with Crippen LogP contribution >= 0.6 is 0 Å². The Hall–Kier alpha value is -3.51. The summed E-state index contributed by atoms with van der Waals surface area (Å²) in [6.07, 6.45) is -7.02. The smallest absolute Gasteiger partial charge is 0.229 e. The summed E-state index contributed by atoms with van der Waals surface area (Å²) < 4.78 is 16.3. The van der Waals surface area contributed by atoms with E-state index in [1.165, 1.54) is 13.0 Å². The lowest BCUT2D eigenvalue weighted by Gasteiger charge is -2.38. The maximum Gasteiger partial charge on any atom is 0.229 e. The van der Waals surface area contributed by atoms with Gasteiger partial charge >= 0.3 is 0 Å². The summed E-state index contributed by atoms with van der Waals surface area (Å²) in [5.41, 5.74) is -0.696. The molecule has 2 aromatic carbocycles. The van der Waals surface area contributed by atoms with Gasteiger partial charge in [0.2, 0.25) is 12.0 Å². The zero-order valence-electron chi connectivity index (χ0n) is 16.5. The number of aromatic hydroxyl groups is 4. The highest BCUT2D eigenvalue weighted by atomic mass is 16.7. The minimum atomic E-state index is -1.67. The largest absolute Gasteiger partial charge is 0.508 e. The number of ether oxygens (including phenoxy) is 2. The summed E-state index contributed by atoms with van der Waals surface area (Å²) in [5, 5.41) is 69.6. The van der Waals surface area contributed by atoms with Crippen molar-refractivity contribution in [1.82, 2.24) is 0 Å². The quantitative estimate of drug-likeness (QED) is 0.276. The lowest BCUT2D eigenvalue weighted by atomic mass is 10.00. The van der Waals surface area contributed by atoms with Crippen LogP contribution in [0.15, 0.2) is 39.5 Å². The summed E-state index contributed by atoms with van der Waals surface area (Å²) >= 11 is 0. The van der Waals surface area contributed by atoms with E-state index in [9.17, 15) is 40.5 Å². The Morgan fingerprint density at radius 1 is 0.875 bits per heavy atom. The SMILES string of the molecule is C[C@H]1O[C@@H](Oc2cc(-c3cc(=O)c4c(O)cc(O)cc4o3)cc(O)c2O)[C@@H](O)[C@@H](O)[C@@H]1O. The summed E-state index contributed by atoms with van der Waals surface area (Å²) in [4.78, 5) is 12.5. The summed E-state index contributed by atoms with van der Waals surface area (Å²) in [6.45, 7) is 1.44. The molecule has 11 nitrogen and oxygen atoms in total. The first-order valence-corrected chi connectivity index (χ1v) is 9.49. The van der Waals surface area contributed by atoms with E-state index < -0.39 is 53.4 Å². The minimum absolute atomic E-state index is 0.0658. The van der Waals surface area contributed by atoms with Gasteiger partial charge in [0.25, 0.3) is 0 Å². The standard InChI is InChI=1S/C21H20O11/c1-7-17(26)19(28)20(29)21(30-7)32-15-3-8(2-12(25)18(15)27)13-6-11(24)16-10(23)4-9(22)5-14(16)31-13/h2-7,17,19-23,25-29H,1H3/t7-,17-,19+,20+,21+/m1/s1. The molecule has 2 heterocycles. The highest BCUT2D eigenvalue weighted by Crippen LogP contribution is 2.41. The molecule has 0 aliphatic carbocycles. The zero-order chi connectivity index (χ0) is 23.3. The molecule has 1 saturated heterocycles. The number of rotatable bonds is 3. The molecular formula is C21H20O11. The van der Waals surface area contributed by atoms with Gasteiger partial charge in [0.1, 0.15) is 46.5 Å². The Labute approximate surface area is 179 Å². The average Bonchev–Trinajstić information content (AvgIpc) is 2.72. The number of phenolic OH excluding ortho intramolecular Hbond substituents is 4. The van der Waals surface area contributed by atoms with Crippen LogP contribution in [0.25, 0.3) is 22.3 Å². The van der Waals surface area contributed by atoms with Crippen LogP contribution < -0.4 is 10.2 Å². The number of phenols is 4. The van der Waals surface area contributed by atoms with E-state index >= 15 is 0 Å². The summed E-state index contributed by atoms with van der Waals surface area (Å²) in [5.74, 6) is -2.65. The molecule has 1 fully saturated rings. The first-order valence-electron chi connectivity index (χ1n) is 9.49. The lowest BCUT2D eigenvalue weighted by Crippen LogP contribution is -2.58. The Morgan fingerprint density at radius 3 is 2.31 bits per heavy atom. The van der Waals surface area contributed by atoms with Gasteiger partial charge in [0.05, 0.1) is 6.10 Å². The zero-order valence-corrected chi connectivity index (χ0v) is 16.5. The summed E-state index contributed by atoms with van der Waals surface area (Å²) in [6, 6.07) is 5.40. The molecule has 0 amide bonds. The van der Waals surface area contributed by atoms with Crippen LogP contribution in [0.2, 0.25) is 0 Å². The molecule has 0 bridgehead atoms. The van der Waals surface area contributed by atoms with E-state index in [-0.39, 0.29) is 33.8 Å². The molecule has 1 aliphatic rings. The fourth-order valence-electron chi connectivity index (χ4n) is 3.46. The molecule has 11 heteroatoms. The van der Waals surface area contributed by atoms with Crippen molar-refractivity contribution in [3.63, 3.8) is 0 Å². The molecular weight excluding hydrogens is 428 g/mol. The molecule has 1 aromatic heterocycles. The third kappa shape index (κ3) is 3.67. The van der Waals surface area contributed by atoms with Gasteiger partial charge in [-0.3, -0.25) is 4.79 Å². The van der Waals surface area contributed by atoms with Crippen molar-refractivity contribution in [2.24, 2.45) is 0 Å². The van der Waals surface area contributed by atoms with Gasteiger partial charge in [-0.2, -0.15) is 0 Å². The molecule has 4 rings (SSSR count). The van der Waals surface area contributed by atoms with Crippen molar-refractivity contribution >= 4 is 11.0 Å². The average molecular weight is 448 g/mol. The molecule has 170 valence electrons. The van der Waals surface area contributed by atoms with Crippen molar-refractivity contribution in [3.05, 3.63) is 40.6 Å². The number of hydrogen-bond acceptors (Lipinski definition) is 11. The van der Waals surface area contributed by atoms with E-state index in [1.54, 1.807) is 0 Å². The van der Waals surface area contributed by atoms with E-state index in [4.69, 9.17) is 13.9 Å². The predicted molar refractivity (Wildman–Crippen MR) is 108 cm³/mol. The van der Waals surface area contributed by atoms with Gasteiger partial charge in [-0.15, -0.1) is 0 Å². The van der Waals surface area contributed by atoms with Crippen molar-refractivity contribution < 1.29 is 49.6 Å². The van der Waals surface area contributed by atoms with E-state index in [0.717, 1.165) is 24.3 Å². The molecule has 32 heavy (non-hydrogen) atoms. The van der Waals surface area contributed by atoms with Crippen molar-refractivity contribution in [1.29, 1.82) is 0 Å². The number of fused-ring (bicyclic) bond motifs is 1. The Morgan fingerprint density at radius 2 is 1.59 bits per heavy atom. The minimum Gasteiger partial charge on any atom is -0.508 e. The lowest BCUT2D eigenvalue weighted by molar-refractivity contribution is -0.268. The van der Waals surface area contributed by atoms with Gasteiger partial charge in [0.15, 0.2) is 16.9 Å².